The second-order valence-corrected chi connectivity index (χ2v) is 4.01. The minimum atomic E-state index is 0.551. The first-order valence-corrected chi connectivity index (χ1v) is 5.68. The first-order chi connectivity index (χ1) is 6.77. The standard InChI is InChI=1S/C11H16BrNO/c1-2-3-6-14-10-5-4-9(8-13)11(12)7-10/h4-5,7H,2-3,6,8,13H2,1H3. The molecule has 0 aliphatic rings. The summed E-state index contributed by atoms with van der Waals surface area (Å²) in [6.45, 7) is 3.48. The van der Waals surface area contributed by atoms with Gasteiger partial charge in [-0.05, 0) is 24.1 Å². The first-order valence-electron chi connectivity index (χ1n) is 4.89. The number of hydrogen-bond acceptors (Lipinski definition) is 2. The van der Waals surface area contributed by atoms with Gasteiger partial charge in [-0.15, -0.1) is 0 Å². The highest BCUT2D eigenvalue weighted by atomic mass is 79.9. The maximum absolute atomic E-state index is 5.56. The second kappa shape index (κ2) is 6.04. The summed E-state index contributed by atoms with van der Waals surface area (Å²) in [7, 11) is 0. The van der Waals surface area contributed by atoms with Crippen LogP contribution in [0.3, 0.4) is 0 Å². The number of nitrogens with two attached hydrogens (primary N) is 1. The summed E-state index contributed by atoms with van der Waals surface area (Å²) in [5, 5.41) is 0. The highest BCUT2D eigenvalue weighted by molar-refractivity contribution is 9.10. The molecule has 3 heteroatoms. The maximum atomic E-state index is 5.56. The Kier molecular flexibility index (Phi) is 4.98. The van der Waals surface area contributed by atoms with Gasteiger partial charge in [-0.3, -0.25) is 0 Å². The summed E-state index contributed by atoms with van der Waals surface area (Å²) in [4.78, 5) is 0. The van der Waals surface area contributed by atoms with E-state index in [-0.39, 0.29) is 0 Å². The monoisotopic (exact) mass is 257 g/mol. The van der Waals surface area contributed by atoms with Gasteiger partial charge in [0.15, 0.2) is 0 Å². The second-order valence-electron chi connectivity index (χ2n) is 3.16. The predicted molar refractivity (Wildman–Crippen MR) is 62.4 cm³/mol. The molecule has 1 aromatic rings. The number of ether oxygens (including phenoxy) is 1. The Hall–Kier alpha value is -0.540. The van der Waals surface area contributed by atoms with Crippen molar-refractivity contribution >= 4 is 15.9 Å². The van der Waals surface area contributed by atoms with Crippen LogP contribution in [-0.4, -0.2) is 6.61 Å². The van der Waals surface area contributed by atoms with Crippen molar-refractivity contribution in [2.24, 2.45) is 5.73 Å². The third kappa shape index (κ3) is 3.31. The lowest BCUT2D eigenvalue weighted by Crippen LogP contribution is -1.99. The molecular weight excluding hydrogens is 242 g/mol. The zero-order valence-corrected chi connectivity index (χ0v) is 10.0. The Balaban J connectivity index is 2.57. The van der Waals surface area contributed by atoms with Crippen molar-refractivity contribution in [1.29, 1.82) is 0 Å². The Bertz CT molecular complexity index is 289. The Morgan fingerprint density at radius 1 is 1.43 bits per heavy atom. The molecule has 0 heterocycles. The fourth-order valence-electron chi connectivity index (χ4n) is 1.12. The Morgan fingerprint density at radius 2 is 2.21 bits per heavy atom. The van der Waals surface area contributed by atoms with Crippen molar-refractivity contribution in [1.82, 2.24) is 0 Å². The van der Waals surface area contributed by atoms with Crippen molar-refractivity contribution in [3.63, 3.8) is 0 Å². The minimum absolute atomic E-state index is 0.551. The summed E-state index contributed by atoms with van der Waals surface area (Å²) < 4.78 is 6.58. The lowest BCUT2D eigenvalue weighted by Gasteiger charge is -2.07. The lowest BCUT2D eigenvalue weighted by molar-refractivity contribution is 0.309. The van der Waals surface area contributed by atoms with E-state index < -0.39 is 0 Å². The minimum Gasteiger partial charge on any atom is -0.494 e. The molecule has 2 nitrogen and oxygen atoms in total. The molecule has 0 unspecified atom stereocenters. The molecule has 0 atom stereocenters. The van der Waals surface area contributed by atoms with E-state index >= 15 is 0 Å². The molecule has 0 fully saturated rings. The zero-order valence-electron chi connectivity index (χ0n) is 8.42. The van der Waals surface area contributed by atoms with Crippen LogP contribution in [0.2, 0.25) is 0 Å². The maximum Gasteiger partial charge on any atom is 0.120 e. The Morgan fingerprint density at radius 3 is 2.79 bits per heavy atom. The van der Waals surface area contributed by atoms with E-state index in [9.17, 15) is 0 Å². The SMILES string of the molecule is CCCCOc1ccc(CN)c(Br)c1. The van der Waals surface area contributed by atoms with Crippen LogP contribution in [0.1, 0.15) is 25.3 Å². The average Bonchev–Trinajstić information content (AvgIpc) is 2.18. The third-order valence-electron chi connectivity index (χ3n) is 2.01. The van der Waals surface area contributed by atoms with Crippen LogP contribution >= 0.6 is 15.9 Å². The van der Waals surface area contributed by atoms with Gasteiger partial charge in [-0.1, -0.05) is 35.3 Å². The van der Waals surface area contributed by atoms with Crippen LogP contribution in [0.5, 0.6) is 5.75 Å². The summed E-state index contributed by atoms with van der Waals surface area (Å²) in [6, 6.07) is 5.92. The van der Waals surface area contributed by atoms with Gasteiger partial charge in [-0.25, -0.2) is 0 Å². The van der Waals surface area contributed by atoms with E-state index in [2.05, 4.69) is 22.9 Å². The van der Waals surface area contributed by atoms with E-state index in [1.54, 1.807) is 0 Å². The molecule has 0 spiro atoms. The lowest BCUT2D eigenvalue weighted by atomic mass is 10.2. The van der Waals surface area contributed by atoms with E-state index in [0.717, 1.165) is 35.2 Å². The number of halogens is 1. The molecule has 0 radical (unpaired) electrons. The van der Waals surface area contributed by atoms with Crippen molar-refractivity contribution in [3.8, 4) is 5.75 Å². The van der Waals surface area contributed by atoms with Crippen molar-refractivity contribution in [2.75, 3.05) is 6.61 Å². The molecule has 0 aliphatic carbocycles. The molecule has 0 bridgehead atoms. The van der Waals surface area contributed by atoms with E-state index in [1.165, 1.54) is 0 Å². The van der Waals surface area contributed by atoms with Gasteiger partial charge in [-0.2, -0.15) is 0 Å². The zero-order chi connectivity index (χ0) is 10.4. The van der Waals surface area contributed by atoms with E-state index in [4.69, 9.17) is 10.5 Å². The molecule has 0 aliphatic heterocycles. The van der Waals surface area contributed by atoms with Crippen LogP contribution in [0, 0.1) is 0 Å². The van der Waals surface area contributed by atoms with Gasteiger partial charge in [0.25, 0.3) is 0 Å². The highest BCUT2D eigenvalue weighted by Crippen LogP contribution is 2.22. The van der Waals surface area contributed by atoms with Crippen molar-refractivity contribution < 1.29 is 4.74 Å². The molecule has 1 rings (SSSR count). The average molecular weight is 258 g/mol. The fraction of sp³-hybridized carbons (Fsp3) is 0.455. The molecule has 0 saturated carbocycles. The topological polar surface area (TPSA) is 35.2 Å². The molecule has 0 aromatic heterocycles. The van der Waals surface area contributed by atoms with Gasteiger partial charge in [0.05, 0.1) is 6.61 Å². The molecule has 78 valence electrons. The number of unbranched alkanes of at least 4 members (excludes halogenated alkanes) is 1. The summed E-state index contributed by atoms with van der Waals surface area (Å²) in [6.07, 6.45) is 2.25. The van der Waals surface area contributed by atoms with E-state index in [0.29, 0.717) is 6.54 Å². The van der Waals surface area contributed by atoms with Crippen LogP contribution in [0.15, 0.2) is 22.7 Å². The van der Waals surface area contributed by atoms with Crippen LogP contribution in [0.4, 0.5) is 0 Å². The van der Waals surface area contributed by atoms with Crippen LogP contribution in [0.25, 0.3) is 0 Å². The van der Waals surface area contributed by atoms with E-state index in [1.807, 2.05) is 18.2 Å². The normalized spacial score (nSPS) is 10.2. The van der Waals surface area contributed by atoms with Gasteiger partial charge in [0, 0.05) is 11.0 Å². The third-order valence-corrected chi connectivity index (χ3v) is 2.75. The van der Waals surface area contributed by atoms with Crippen molar-refractivity contribution in [2.45, 2.75) is 26.3 Å². The molecule has 2 N–H and O–H groups in total. The number of rotatable bonds is 5. The number of benzene rings is 1. The van der Waals surface area contributed by atoms with Crippen LogP contribution < -0.4 is 10.5 Å². The summed E-state index contributed by atoms with van der Waals surface area (Å²) >= 11 is 3.46. The van der Waals surface area contributed by atoms with Gasteiger partial charge >= 0.3 is 0 Å². The molecule has 1 aromatic carbocycles. The van der Waals surface area contributed by atoms with Gasteiger partial charge in [0.2, 0.25) is 0 Å². The first kappa shape index (κ1) is 11.5. The van der Waals surface area contributed by atoms with Crippen LogP contribution in [-0.2, 0) is 6.54 Å². The fourth-order valence-corrected chi connectivity index (χ4v) is 1.64. The molecule has 0 amide bonds. The van der Waals surface area contributed by atoms with Crippen molar-refractivity contribution in [3.05, 3.63) is 28.2 Å². The Labute approximate surface area is 93.6 Å². The smallest absolute Gasteiger partial charge is 0.120 e. The quantitative estimate of drug-likeness (QED) is 0.824. The summed E-state index contributed by atoms with van der Waals surface area (Å²) in [5.41, 5.74) is 6.66. The number of hydrogen-bond donors (Lipinski definition) is 1. The highest BCUT2D eigenvalue weighted by Gasteiger charge is 2.00. The predicted octanol–water partition coefficient (Wildman–Crippen LogP) is 3.09. The molecule has 14 heavy (non-hydrogen) atoms. The van der Waals surface area contributed by atoms with Gasteiger partial charge in [0.1, 0.15) is 5.75 Å². The molecular formula is C11H16BrNO. The largest absolute Gasteiger partial charge is 0.494 e. The van der Waals surface area contributed by atoms with Gasteiger partial charge < -0.3 is 10.5 Å². The molecule has 0 saturated heterocycles. The summed E-state index contributed by atoms with van der Waals surface area (Å²) in [5.74, 6) is 0.905.